The van der Waals surface area contributed by atoms with Crippen molar-refractivity contribution in [3.63, 3.8) is 0 Å². The molecule has 2 unspecified atom stereocenters. The van der Waals surface area contributed by atoms with Crippen molar-refractivity contribution < 1.29 is 4.74 Å². The van der Waals surface area contributed by atoms with Gasteiger partial charge in [0.25, 0.3) is 0 Å². The molecule has 17 heavy (non-hydrogen) atoms. The molecule has 1 spiro atoms. The number of thioether (sulfide) groups is 1. The molecule has 3 nitrogen and oxygen atoms in total. The van der Waals surface area contributed by atoms with Gasteiger partial charge >= 0.3 is 0 Å². The number of hydrogen-bond donors (Lipinski definition) is 0. The number of hydrogen-bond acceptors (Lipinski definition) is 3. The van der Waals surface area contributed by atoms with E-state index in [0.717, 1.165) is 30.8 Å². The van der Waals surface area contributed by atoms with Gasteiger partial charge in [-0.05, 0) is 25.0 Å². The van der Waals surface area contributed by atoms with Crippen LogP contribution in [0.2, 0.25) is 0 Å². The van der Waals surface area contributed by atoms with Crippen molar-refractivity contribution in [1.82, 2.24) is 9.78 Å². The lowest BCUT2D eigenvalue weighted by Gasteiger charge is -2.37. The average molecular weight is 273 g/mol. The minimum absolute atomic E-state index is 0.126. The summed E-state index contributed by atoms with van der Waals surface area (Å²) in [5, 5.41) is 4.44. The lowest BCUT2D eigenvalue weighted by molar-refractivity contribution is -0.0778. The Balaban J connectivity index is 1.74. The molecule has 2 aliphatic heterocycles. The average Bonchev–Trinajstić information content (AvgIpc) is 2.99. The fourth-order valence-corrected chi connectivity index (χ4v) is 4.25. The smallest absolute Gasteiger partial charge is 0.0800 e. The number of aromatic nitrogens is 2. The third-order valence-corrected chi connectivity index (χ3v) is 5.25. The molecule has 0 amide bonds. The van der Waals surface area contributed by atoms with Gasteiger partial charge in [-0.3, -0.25) is 4.68 Å². The van der Waals surface area contributed by atoms with E-state index in [2.05, 4.69) is 16.0 Å². The molecule has 3 heterocycles. The highest BCUT2D eigenvalue weighted by Crippen LogP contribution is 2.41. The zero-order chi connectivity index (χ0) is 11.7. The van der Waals surface area contributed by atoms with Crippen LogP contribution in [0, 0.1) is 0 Å². The Morgan fingerprint density at radius 3 is 3.29 bits per heavy atom. The van der Waals surface area contributed by atoms with E-state index in [1.165, 1.54) is 12.2 Å². The van der Waals surface area contributed by atoms with E-state index >= 15 is 0 Å². The summed E-state index contributed by atoms with van der Waals surface area (Å²) in [6.45, 7) is 0.862. The van der Waals surface area contributed by atoms with E-state index in [0.29, 0.717) is 11.9 Å². The summed E-state index contributed by atoms with van der Waals surface area (Å²) < 4.78 is 8.11. The van der Waals surface area contributed by atoms with Gasteiger partial charge in [0.05, 0.1) is 23.7 Å². The zero-order valence-electron chi connectivity index (χ0n) is 9.77. The van der Waals surface area contributed by atoms with Crippen LogP contribution in [0.25, 0.3) is 0 Å². The quantitative estimate of drug-likeness (QED) is 0.775. The van der Waals surface area contributed by atoms with E-state index in [1.807, 2.05) is 18.0 Å². The van der Waals surface area contributed by atoms with E-state index in [1.54, 1.807) is 0 Å². The summed E-state index contributed by atoms with van der Waals surface area (Å²) >= 11 is 7.83. The Labute approximate surface area is 111 Å². The van der Waals surface area contributed by atoms with E-state index < -0.39 is 0 Å². The Hall–Kier alpha value is -0.190. The molecule has 0 saturated carbocycles. The first kappa shape index (κ1) is 11.9. The topological polar surface area (TPSA) is 27.1 Å². The highest BCUT2D eigenvalue weighted by molar-refractivity contribution is 7.99. The molecule has 1 aromatic rings. The van der Waals surface area contributed by atoms with Crippen molar-refractivity contribution in [2.75, 3.05) is 18.1 Å². The SMILES string of the molecule is ClCc1cnn(C2CCOC3(CCSC3)C2)c1. The second-order valence-corrected chi connectivity index (χ2v) is 6.32. The summed E-state index contributed by atoms with van der Waals surface area (Å²) in [5.41, 5.74) is 1.23. The Bertz CT molecular complexity index is 390. The van der Waals surface area contributed by atoms with Crippen LogP contribution in [-0.4, -0.2) is 33.5 Å². The maximum absolute atomic E-state index is 6.02. The number of halogens is 1. The lowest BCUT2D eigenvalue weighted by atomic mass is 9.90. The number of alkyl halides is 1. The van der Waals surface area contributed by atoms with Gasteiger partial charge in [-0.25, -0.2) is 0 Å². The molecule has 0 bridgehead atoms. The highest BCUT2D eigenvalue weighted by Gasteiger charge is 2.41. The van der Waals surface area contributed by atoms with E-state index in [9.17, 15) is 0 Å². The first-order valence-corrected chi connectivity index (χ1v) is 7.81. The largest absolute Gasteiger partial charge is 0.374 e. The predicted molar refractivity (Wildman–Crippen MR) is 70.7 cm³/mol. The predicted octanol–water partition coefficient (Wildman–Crippen LogP) is 2.85. The third-order valence-electron chi connectivity index (χ3n) is 3.72. The van der Waals surface area contributed by atoms with Crippen molar-refractivity contribution in [3.8, 4) is 0 Å². The van der Waals surface area contributed by atoms with Crippen molar-refractivity contribution >= 4 is 23.4 Å². The summed E-state index contributed by atoms with van der Waals surface area (Å²) in [5.74, 6) is 2.93. The van der Waals surface area contributed by atoms with Crippen LogP contribution in [0.1, 0.15) is 30.9 Å². The zero-order valence-corrected chi connectivity index (χ0v) is 11.3. The molecule has 0 aromatic carbocycles. The van der Waals surface area contributed by atoms with Crippen LogP contribution in [-0.2, 0) is 10.6 Å². The molecule has 2 fully saturated rings. The molecule has 2 saturated heterocycles. The van der Waals surface area contributed by atoms with Crippen LogP contribution in [0.15, 0.2) is 12.4 Å². The first-order valence-electron chi connectivity index (χ1n) is 6.12. The standard InChI is InChI=1S/C12H17ClN2OS/c13-6-10-7-14-15(8-10)11-1-3-16-12(5-11)2-4-17-9-12/h7-8,11H,1-6,9H2. The molecule has 2 aliphatic rings. The molecule has 1 aromatic heterocycles. The second-order valence-electron chi connectivity index (χ2n) is 4.94. The minimum atomic E-state index is 0.126. The molecule has 0 aliphatic carbocycles. The maximum atomic E-state index is 6.02. The molecule has 5 heteroatoms. The second kappa shape index (κ2) is 4.82. The van der Waals surface area contributed by atoms with E-state index in [4.69, 9.17) is 16.3 Å². The van der Waals surface area contributed by atoms with Gasteiger partial charge in [-0.15, -0.1) is 11.6 Å². The van der Waals surface area contributed by atoms with Crippen molar-refractivity contribution in [2.45, 2.75) is 36.8 Å². The molecule has 0 radical (unpaired) electrons. The number of ether oxygens (including phenoxy) is 1. The van der Waals surface area contributed by atoms with Crippen LogP contribution in [0.3, 0.4) is 0 Å². The van der Waals surface area contributed by atoms with Crippen molar-refractivity contribution in [1.29, 1.82) is 0 Å². The normalized spacial score (nSPS) is 33.4. The molecule has 0 N–H and O–H groups in total. The van der Waals surface area contributed by atoms with Gasteiger partial charge in [0.2, 0.25) is 0 Å². The Morgan fingerprint density at radius 2 is 2.59 bits per heavy atom. The lowest BCUT2D eigenvalue weighted by Crippen LogP contribution is -2.40. The molecule has 3 rings (SSSR count). The van der Waals surface area contributed by atoms with Crippen LogP contribution >= 0.6 is 23.4 Å². The molecule has 2 atom stereocenters. The highest BCUT2D eigenvalue weighted by atomic mass is 35.5. The summed E-state index contributed by atoms with van der Waals surface area (Å²) in [4.78, 5) is 0. The van der Waals surface area contributed by atoms with Gasteiger partial charge in [0.1, 0.15) is 0 Å². The maximum Gasteiger partial charge on any atom is 0.0800 e. The van der Waals surface area contributed by atoms with Crippen molar-refractivity contribution in [3.05, 3.63) is 18.0 Å². The number of nitrogens with zero attached hydrogens (tertiary/aromatic N) is 2. The molecular formula is C12H17ClN2OS. The Kier molecular flexibility index (Phi) is 3.37. The van der Waals surface area contributed by atoms with Gasteiger partial charge in [0.15, 0.2) is 0 Å². The van der Waals surface area contributed by atoms with Crippen molar-refractivity contribution in [2.24, 2.45) is 0 Å². The van der Waals surface area contributed by atoms with Gasteiger partial charge < -0.3 is 4.74 Å². The van der Waals surface area contributed by atoms with Crippen LogP contribution in [0.4, 0.5) is 0 Å². The summed E-state index contributed by atoms with van der Waals surface area (Å²) in [6, 6.07) is 0.486. The van der Waals surface area contributed by atoms with Gasteiger partial charge in [-0.1, -0.05) is 0 Å². The third kappa shape index (κ3) is 2.35. The summed E-state index contributed by atoms with van der Waals surface area (Å²) in [7, 11) is 0. The Morgan fingerprint density at radius 1 is 1.65 bits per heavy atom. The monoisotopic (exact) mass is 272 g/mol. The van der Waals surface area contributed by atoms with Crippen LogP contribution in [0.5, 0.6) is 0 Å². The van der Waals surface area contributed by atoms with Gasteiger partial charge in [-0.2, -0.15) is 16.9 Å². The van der Waals surface area contributed by atoms with Gasteiger partial charge in [0, 0.05) is 24.1 Å². The minimum Gasteiger partial charge on any atom is -0.374 e. The fraction of sp³-hybridized carbons (Fsp3) is 0.750. The van der Waals surface area contributed by atoms with Crippen LogP contribution < -0.4 is 0 Å². The summed E-state index contributed by atoms with van der Waals surface area (Å²) in [6.07, 6.45) is 7.31. The van der Waals surface area contributed by atoms with E-state index in [-0.39, 0.29) is 5.60 Å². The first-order chi connectivity index (χ1) is 8.31. The molecule has 94 valence electrons. The fourth-order valence-electron chi connectivity index (χ4n) is 2.74. The molecular weight excluding hydrogens is 256 g/mol. The number of rotatable bonds is 2.